The first-order valence-corrected chi connectivity index (χ1v) is 6.87. The van der Waals surface area contributed by atoms with Crippen LogP contribution in [0.1, 0.15) is 5.69 Å². The largest absolute Gasteiger partial charge is 0.481 e. The molecule has 1 N–H and O–H groups in total. The van der Waals surface area contributed by atoms with Crippen LogP contribution in [-0.4, -0.2) is 16.1 Å². The van der Waals surface area contributed by atoms with E-state index >= 15 is 0 Å². The Morgan fingerprint density at radius 2 is 1.67 bits per heavy atom. The Balaban J connectivity index is 2.11. The summed E-state index contributed by atoms with van der Waals surface area (Å²) in [5, 5.41) is 8.99. The van der Waals surface area contributed by atoms with Crippen LogP contribution < -0.4 is 0 Å². The molecule has 0 aliphatic carbocycles. The lowest BCUT2D eigenvalue weighted by Crippen LogP contribution is -2.02. The third-order valence-electron chi connectivity index (χ3n) is 3.29. The highest BCUT2D eigenvalue weighted by molar-refractivity contribution is 5.74. The van der Waals surface area contributed by atoms with Crippen molar-refractivity contribution in [2.75, 3.05) is 0 Å². The van der Waals surface area contributed by atoms with Gasteiger partial charge in [0.05, 0.1) is 12.1 Å². The van der Waals surface area contributed by atoms with Crippen LogP contribution in [0.4, 0.5) is 13.2 Å². The number of carboxylic acid groups (broad SMARTS) is 1. The van der Waals surface area contributed by atoms with Crippen molar-refractivity contribution in [2.45, 2.75) is 6.42 Å². The zero-order chi connectivity index (χ0) is 17.3. The summed E-state index contributed by atoms with van der Waals surface area (Å²) in [6.45, 7) is 0. The number of aliphatic carboxylic acids is 1. The number of nitrogens with zero attached hydrogens (tertiary/aromatic N) is 1. The third-order valence-corrected chi connectivity index (χ3v) is 3.29. The molecule has 4 nitrogen and oxygen atoms in total. The Bertz CT molecular complexity index is 904. The van der Waals surface area contributed by atoms with E-state index < -0.39 is 29.8 Å². The van der Waals surface area contributed by atoms with Gasteiger partial charge in [0.25, 0.3) is 0 Å². The van der Waals surface area contributed by atoms with Crippen LogP contribution in [0.25, 0.3) is 22.8 Å². The van der Waals surface area contributed by atoms with E-state index in [-0.39, 0.29) is 22.9 Å². The van der Waals surface area contributed by atoms with E-state index in [1.54, 1.807) is 0 Å². The van der Waals surface area contributed by atoms with E-state index in [1.807, 2.05) is 0 Å². The molecule has 122 valence electrons. The molecule has 24 heavy (non-hydrogen) atoms. The van der Waals surface area contributed by atoms with Crippen LogP contribution in [0, 0.1) is 17.5 Å². The second-order valence-electron chi connectivity index (χ2n) is 5.00. The van der Waals surface area contributed by atoms with Crippen molar-refractivity contribution in [1.82, 2.24) is 4.98 Å². The van der Waals surface area contributed by atoms with Crippen molar-refractivity contribution in [3.63, 3.8) is 0 Å². The van der Waals surface area contributed by atoms with Crippen molar-refractivity contribution in [2.24, 2.45) is 0 Å². The molecule has 1 heterocycles. The number of carbonyl (C=O) groups is 1. The van der Waals surface area contributed by atoms with Gasteiger partial charge in [0.2, 0.25) is 5.89 Å². The molecule has 0 saturated carbocycles. The Kier molecular flexibility index (Phi) is 4.07. The summed E-state index contributed by atoms with van der Waals surface area (Å²) in [6, 6.07) is 8.31. The second-order valence-corrected chi connectivity index (χ2v) is 5.00. The van der Waals surface area contributed by atoms with Crippen molar-refractivity contribution in [3.8, 4) is 22.8 Å². The molecule has 0 unspecified atom stereocenters. The van der Waals surface area contributed by atoms with Crippen LogP contribution >= 0.6 is 0 Å². The summed E-state index contributed by atoms with van der Waals surface area (Å²) >= 11 is 0. The van der Waals surface area contributed by atoms with Crippen molar-refractivity contribution in [1.29, 1.82) is 0 Å². The summed E-state index contributed by atoms with van der Waals surface area (Å²) in [5.74, 6) is -3.64. The van der Waals surface area contributed by atoms with Gasteiger partial charge in [0.1, 0.15) is 5.82 Å². The number of rotatable bonds is 4. The summed E-state index contributed by atoms with van der Waals surface area (Å²) < 4.78 is 45.1. The molecule has 0 radical (unpaired) electrons. The van der Waals surface area contributed by atoms with E-state index in [0.29, 0.717) is 5.56 Å². The van der Waals surface area contributed by atoms with Gasteiger partial charge in [-0.3, -0.25) is 4.79 Å². The minimum atomic E-state index is -1.15. The fraction of sp³-hybridized carbons (Fsp3) is 0.0588. The van der Waals surface area contributed by atoms with Crippen LogP contribution in [0.2, 0.25) is 0 Å². The number of hydrogen-bond acceptors (Lipinski definition) is 3. The molecule has 0 spiro atoms. The number of aromatic nitrogens is 1. The average Bonchev–Trinajstić information content (AvgIpc) is 2.94. The first-order valence-electron chi connectivity index (χ1n) is 6.87. The number of halogens is 3. The third kappa shape index (κ3) is 3.15. The maximum Gasteiger partial charge on any atom is 0.309 e. The lowest BCUT2D eigenvalue weighted by atomic mass is 10.1. The molecule has 0 atom stereocenters. The molecule has 0 aliphatic rings. The highest BCUT2D eigenvalue weighted by atomic mass is 19.2. The van der Waals surface area contributed by atoms with Crippen LogP contribution in [0.5, 0.6) is 0 Å². The molecular weight excluding hydrogens is 323 g/mol. The van der Waals surface area contributed by atoms with Crippen molar-refractivity contribution in [3.05, 3.63) is 65.6 Å². The second kappa shape index (κ2) is 6.19. The zero-order valence-electron chi connectivity index (χ0n) is 12.1. The van der Waals surface area contributed by atoms with E-state index in [2.05, 4.69) is 4.98 Å². The van der Waals surface area contributed by atoms with E-state index in [0.717, 1.165) is 12.1 Å². The molecule has 7 heteroatoms. The Hall–Kier alpha value is -3.09. The highest BCUT2D eigenvalue weighted by Crippen LogP contribution is 2.31. The van der Waals surface area contributed by atoms with Gasteiger partial charge in [0.15, 0.2) is 17.4 Å². The van der Waals surface area contributed by atoms with Crippen LogP contribution in [0.3, 0.4) is 0 Å². The maximum absolute atomic E-state index is 13.4. The van der Waals surface area contributed by atoms with Crippen molar-refractivity contribution >= 4 is 5.97 Å². The normalized spacial score (nSPS) is 10.8. The van der Waals surface area contributed by atoms with E-state index in [1.165, 1.54) is 30.3 Å². The van der Waals surface area contributed by atoms with Gasteiger partial charge in [-0.25, -0.2) is 18.2 Å². The maximum atomic E-state index is 13.4. The Morgan fingerprint density at radius 1 is 1.00 bits per heavy atom. The highest BCUT2D eigenvalue weighted by Gasteiger charge is 2.19. The average molecular weight is 333 g/mol. The predicted octanol–water partition coefficient (Wildman–Crippen LogP) is 4.05. The number of benzene rings is 2. The molecule has 0 bridgehead atoms. The summed E-state index contributed by atoms with van der Waals surface area (Å²) in [7, 11) is 0. The molecule has 2 aromatic carbocycles. The summed E-state index contributed by atoms with van der Waals surface area (Å²) in [4.78, 5) is 15.1. The van der Waals surface area contributed by atoms with E-state index in [9.17, 15) is 18.0 Å². The fourth-order valence-corrected chi connectivity index (χ4v) is 2.19. The smallest absolute Gasteiger partial charge is 0.309 e. The first kappa shape index (κ1) is 15.8. The molecule has 0 saturated heterocycles. The van der Waals surface area contributed by atoms with Gasteiger partial charge in [-0.05, 0) is 42.5 Å². The Labute approximate surface area is 134 Å². The number of oxazole rings is 1. The minimum absolute atomic E-state index is 0.0237. The molecule has 0 aliphatic heterocycles. The predicted molar refractivity (Wildman–Crippen MR) is 78.6 cm³/mol. The SMILES string of the molecule is O=C(O)Cc1nc(-c2ccc(F)cc2)oc1-c1ccc(F)c(F)c1. The zero-order valence-corrected chi connectivity index (χ0v) is 12.1. The van der Waals surface area contributed by atoms with Gasteiger partial charge in [-0.15, -0.1) is 0 Å². The summed E-state index contributed by atoms with van der Waals surface area (Å²) in [6.07, 6.45) is -0.459. The van der Waals surface area contributed by atoms with Gasteiger partial charge in [-0.1, -0.05) is 0 Å². The monoisotopic (exact) mass is 333 g/mol. The van der Waals surface area contributed by atoms with Gasteiger partial charge in [-0.2, -0.15) is 0 Å². The topological polar surface area (TPSA) is 63.3 Å². The number of hydrogen-bond donors (Lipinski definition) is 1. The minimum Gasteiger partial charge on any atom is -0.481 e. The quantitative estimate of drug-likeness (QED) is 0.782. The first-order chi connectivity index (χ1) is 11.4. The summed E-state index contributed by atoms with van der Waals surface area (Å²) in [5.41, 5.74) is 0.649. The lowest BCUT2D eigenvalue weighted by molar-refractivity contribution is -0.136. The van der Waals surface area contributed by atoms with Crippen molar-refractivity contribution < 1.29 is 27.5 Å². The molecule has 3 aromatic rings. The lowest BCUT2D eigenvalue weighted by Gasteiger charge is -2.00. The van der Waals surface area contributed by atoms with Crippen LogP contribution in [0.15, 0.2) is 46.9 Å². The molecule has 0 amide bonds. The molecule has 1 aromatic heterocycles. The Morgan fingerprint density at radius 3 is 2.29 bits per heavy atom. The van der Waals surface area contributed by atoms with Gasteiger partial charge < -0.3 is 9.52 Å². The van der Waals surface area contributed by atoms with Gasteiger partial charge >= 0.3 is 5.97 Å². The molecule has 0 fully saturated rings. The fourth-order valence-electron chi connectivity index (χ4n) is 2.19. The number of carboxylic acids is 1. The van der Waals surface area contributed by atoms with Gasteiger partial charge in [0, 0.05) is 11.1 Å². The standard InChI is InChI=1S/C17H10F3NO3/c18-11-4-1-9(2-5-11)17-21-14(8-15(22)23)16(24-17)10-3-6-12(19)13(20)7-10/h1-7H,8H2,(H,22,23). The van der Waals surface area contributed by atoms with E-state index in [4.69, 9.17) is 9.52 Å². The molecular formula is C17H10F3NO3. The molecule has 3 rings (SSSR count). The van der Waals surface area contributed by atoms with Crippen LogP contribution in [-0.2, 0) is 11.2 Å².